The number of hydrogen-bond acceptors (Lipinski definition) is 3. The minimum atomic E-state index is 0.384. The molecule has 1 unspecified atom stereocenters. The van der Waals surface area contributed by atoms with Gasteiger partial charge in [-0.05, 0) is 25.1 Å². The zero-order chi connectivity index (χ0) is 12.5. The van der Waals surface area contributed by atoms with E-state index < -0.39 is 0 Å². The van der Waals surface area contributed by atoms with Crippen LogP contribution in [0.2, 0.25) is 0 Å². The second-order valence-corrected chi connectivity index (χ2v) is 6.49. The molecule has 1 aliphatic heterocycles. The van der Waals surface area contributed by atoms with Gasteiger partial charge in [-0.1, -0.05) is 15.9 Å². The molecule has 0 spiro atoms. The van der Waals surface area contributed by atoms with Gasteiger partial charge in [0.2, 0.25) is 0 Å². The Bertz CT molecular complexity index is 561. The molecule has 1 aliphatic rings. The topological polar surface area (TPSA) is 29.9 Å². The molecule has 2 heterocycles. The van der Waals surface area contributed by atoms with Gasteiger partial charge >= 0.3 is 0 Å². The molecule has 0 bridgehead atoms. The molecule has 0 radical (unpaired) electrons. The highest BCUT2D eigenvalue weighted by molar-refractivity contribution is 9.10. The summed E-state index contributed by atoms with van der Waals surface area (Å²) < 4.78 is 3.42. The Morgan fingerprint density at radius 3 is 3.17 bits per heavy atom. The van der Waals surface area contributed by atoms with Crippen molar-refractivity contribution in [1.82, 2.24) is 14.9 Å². The first-order valence-corrected chi connectivity index (χ1v) is 8.21. The smallest absolute Gasteiger partial charge is 0.127 e. The summed E-state index contributed by atoms with van der Waals surface area (Å²) in [5.41, 5.74) is 2.31. The van der Waals surface area contributed by atoms with E-state index in [4.69, 9.17) is 4.98 Å². The van der Waals surface area contributed by atoms with E-state index in [1.807, 2.05) is 11.8 Å². The largest absolute Gasteiger partial charge is 0.327 e. The third-order valence-electron chi connectivity index (χ3n) is 3.29. The van der Waals surface area contributed by atoms with Gasteiger partial charge in [0.25, 0.3) is 0 Å². The SMILES string of the molecule is CCn1c(C2CSCCN2)nc2cc(Br)ccc21. The molecule has 18 heavy (non-hydrogen) atoms. The van der Waals surface area contributed by atoms with Gasteiger partial charge in [0.15, 0.2) is 0 Å². The third-order valence-corrected chi connectivity index (χ3v) is 4.84. The van der Waals surface area contributed by atoms with Crippen molar-refractivity contribution >= 4 is 38.7 Å². The van der Waals surface area contributed by atoms with Crippen LogP contribution in [-0.4, -0.2) is 27.6 Å². The summed E-state index contributed by atoms with van der Waals surface area (Å²) in [7, 11) is 0. The molecular weight excluding hydrogens is 310 g/mol. The van der Waals surface area contributed by atoms with Crippen LogP contribution in [0.15, 0.2) is 22.7 Å². The second kappa shape index (κ2) is 5.23. The summed E-state index contributed by atoms with van der Waals surface area (Å²) in [6, 6.07) is 6.72. The van der Waals surface area contributed by atoms with Crippen molar-refractivity contribution in [2.45, 2.75) is 19.5 Å². The molecule has 2 aromatic rings. The zero-order valence-corrected chi connectivity index (χ0v) is 12.7. The molecule has 3 rings (SSSR count). The van der Waals surface area contributed by atoms with Gasteiger partial charge in [-0.2, -0.15) is 11.8 Å². The van der Waals surface area contributed by atoms with Gasteiger partial charge in [-0.15, -0.1) is 0 Å². The highest BCUT2D eigenvalue weighted by Crippen LogP contribution is 2.27. The van der Waals surface area contributed by atoms with Gasteiger partial charge < -0.3 is 9.88 Å². The molecule has 1 saturated heterocycles. The van der Waals surface area contributed by atoms with E-state index in [0.717, 1.165) is 28.8 Å². The van der Waals surface area contributed by atoms with Crippen molar-refractivity contribution in [3.05, 3.63) is 28.5 Å². The average molecular weight is 326 g/mol. The lowest BCUT2D eigenvalue weighted by Crippen LogP contribution is -2.32. The Morgan fingerprint density at radius 2 is 2.44 bits per heavy atom. The minimum Gasteiger partial charge on any atom is -0.327 e. The number of thioether (sulfide) groups is 1. The Morgan fingerprint density at radius 1 is 1.56 bits per heavy atom. The first-order chi connectivity index (χ1) is 8.79. The maximum atomic E-state index is 4.83. The molecule has 0 saturated carbocycles. The van der Waals surface area contributed by atoms with Crippen molar-refractivity contribution in [3.8, 4) is 0 Å². The normalized spacial score (nSPS) is 20.4. The molecule has 1 aromatic carbocycles. The van der Waals surface area contributed by atoms with Gasteiger partial charge in [-0.25, -0.2) is 4.98 Å². The van der Waals surface area contributed by atoms with E-state index >= 15 is 0 Å². The summed E-state index contributed by atoms with van der Waals surface area (Å²) in [5, 5.41) is 3.57. The van der Waals surface area contributed by atoms with Crippen molar-refractivity contribution in [3.63, 3.8) is 0 Å². The van der Waals surface area contributed by atoms with E-state index in [1.54, 1.807) is 0 Å². The van der Waals surface area contributed by atoms with Gasteiger partial charge in [0.1, 0.15) is 5.82 Å². The van der Waals surface area contributed by atoms with Crippen LogP contribution in [0.4, 0.5) is 0 Å². The maximum Gasteiger partial charge on any atom is 0.127 e. The van der Waals surface area contributed by atoms with Crippen LogP contribution >= 0.6 is 27.7 Å². The second-order valence-electron chi connectivity index (χ2n) is 4.43. The van der Waals surface area contributed by atoms with Crippen molar-refractivity contribution in [2.75, 3.05) is 18.1 Å². The van der Waals surface area contributed by atoms with Gasteiger partial charge in [0, 0.05) is 29.1 Å². The number of aryl methyl sites for hydroxylation is 1. The number of imidazole rings is 1. The molecule has 1 atom stereocenters. The molecule has 0 amide bonds. The van der Waals surface area contributed by atoms with Crippen molar-refractivity contribution in [1.29, 1.82) is 0 Å². The molecule has 5 heteroatoms. The van der Waals surface area contributed by atoms with E-state index in [1.165, 1.54) is 17.1 Å². The highest BCUT2D eigenvalue weighted by Gasteiger charge is 2.21. The lowest BCUT2D eigenvalue weighted by molar-refractivity contribution is 0.536. The predicted octanol–water partition coefficient (Wildman–Crippen LogP) is 3.20. The molecule has 0 aliphatic carbocycles. The number of fused-ring (bicyclic) bond motifs is 1. The average Bonchev–Trinajstić information content (AvgIpc) is 2.77. The van der Waals surface area contributed by atoms with Crippen LogP contribution in [0.25, 0.3) is 11.0 Å². The Labute approximate surface area is 119 Å². The summed E-state index contributed by atoms with van der Waals surface area (Å²) >= 11 is 5.52. The number of aromatic nitrogens is 2. The van der Waals surface area contributed by atoms with E-state index in [9.17, 15) is 0 Å². The van der Waals surface area contributed by atoms with E-state index in [-0.39, 0.29) is 0 Å². The van der Waals surface area contributed by atoms with Crippen LogP contribution in [0, 0.1) is 0 Å². The summed E-state index contributed by atoms with van der Waals surface area (Å²) in [6.07, 6.45) is 0. The first-order valence-electron chi connectivity index (χ1n) is 6.26. The van der Waals surface area contributed by atoms with Crippen molar-refractivity contribution < 1.29 is 0 Å². The maximum absolute atomic E-state index is 4.83. The van der Waals surface area contributed by atoms with Crippen LogP contribution in [0.3, 0.4) is 0 Å². The fourth-order valence-corrected chi connectivity index (χ4v) is 3.73. The highest BCUT2D eigenvalue weighted by atomic mass is 79.9. The number of nitrogens with one attached hydrogen (secondary N) is 1. The Balaban J connectivity index is 2.09. The van der Waals surface area contributed by atoms with Crippen molar-refractivity contribution in [2.24, 2.45) is 0 Å². The molecule has 1 N–H and O–H groups in total. The predicted molar refractivity (Wildman–Crippen MR) is 81.2 cm³/mol. The lowest BCUT2D eigenvalue weighted by atomic mass is 10.3. The zero-order valence-electron chi connectivity index (χ0n) is 10.3. The lowest BCUT2D eigenvalue weighted by Gasteiger charge is -2.23. The Hall–Kier alpha value is -0.520. The number of rotatable bonds is 2. The summed E-state index contributed by atoms with van der Waals surface area (Å²) in [4.78, 5) is 4.83. The fraction of sp³-hybridized carbons (Fsp3) is 0.462. The molecule has 96 valence electrons. The summed E-state index contributed by atoms with van der Waals surface area (Å²) in [5.74, 6) is 3.50. The standard InChI is InChI=1S/C13H16BrN3S/c1-2-17-12-4-3-9(14)7-10(12)16-13(17)11-8-18-6-5-15-11/h3-4,7,11,15H,2,5-6,8H2,1H3. The molecule has 1 fully saturated rings. The third kappa shape index (κ3) is 2.19. The number of halogens is 1. The van der Waals surface area contributed by atoms with E-state index in [2.05, 4.69) is 50.9 Å². The van der Waals surface area contributed by atoms with Crippen LogP contribution in [0.1, 0.15) is 18.8 Å². The van der Waals surface area contributed by atoms with Crippen LogP contribution in [-0.2, 0) is 6.54 Å². The monoisotopic (exact) mass is 325 g/mol. The van der Waals surface area contributed by atoms with Crippen LogP contribution in [0.5, 0.6) is 0 Å². The number of hydrogen-bond donors (Lipinski definition) is 1. The number of nitrogens with zero attached hydrogens (tertiary/aromatic N) is 2. The quantitative estimate of drug-likeness (QED) is 0.919. The minimum absolute atomic E-state index is 0.384. The molecular formula is C13H16BrN3S. The van der Waals surface area contributed by atoms with E-state index in [0.29, 0.717) is 6.04 Å². The van der Waals surface area contributed by atoms with Gasteiger partial charge in [-0.3, -0.25) is 0 Å². The molecule has 3 nitrogen and oxygen atoms in total. The molecule has 1 aromatic heterocycles. The van der Waals surface area contributed by atoms with Gasteiger partial charge in [0.05, 0.1) is 17.1 Å². The summed E-state index contributed by atoms with van der Waals surface area (Å²) in [6.45, 7) is 4.23. The fourth-order valence-electron chi connectivity index (χ4n) is 2.45. The Kier molecular flexibility index (Phi) is 3.63. The number of benzene rings is 1. The first kappa shape index (κ1) is 12.5. The van der Waals surface area contributed by atoms with Crippen LogP contribution < -0.4 is 5.32 Å².